The van der Waals surface area contributed by atoms with Gasteiger partial charge in [0.05, 0.1) is 10.0 Å². The van der Waals surface area contributed by atoms with Gasteiger partial charge in [0.25, 0.3) is 5.91 Å². The van der Waals surface area contributed by atoms with Crippen LogP contribution >= 0.6 is 35.4 Å². The van der Waals surface area contributed by atoms with E-state index in [1.807, 2.05) is 12.1 Å². The number of rotatable bonds is 4. The molecule has 166 valence electrons. The van der Waals surface area contributed by atoms with E-state index in [0.29, 0.717) is 27.4 Å². The van der Waals surface area contributed by atoms with E-state index in [1.54, 1.807) is 30.3 Å². The summed E-state index contributed by atoms with van der Waals surface area (Å²) >= 11 is 17.6. The molecular weight excluding hydrogens is 465 g/mol. The zero-order valence-electron chi connectivity index (χ0n) is 17.5. The second-order valence-electron chi connectivity index (χ2n) is 7.76. The molecule has 8 heteroatoms. The fraction of sp³-hybridized carbons (Fsp3) is 0.250. The molecule has 3 aromatic rings. The molecule has 1 atom stereocenters. The number of hydrogen-bond acceptors (Lipinski definition) is 4. The summed E-state index contributed by atoms with van der Waals surface area (Å²) in [4.78, 5) is 15.0. The summed E-state index contributed by atoms with van der Waals surface area (Å²) in [6, 6.07) is 17.1. The third kappa shape index (κ3) is 5.09. The highest BCUT2D eigenvalue weighted by Gasteiger charge is 2.19. The Morgan fingerprint density at radius 1 is 1.09 bits per heavy atom. The molecule has 5 nitrogen and oxygen atoms in total. The number of carbonyl (C=O) groups excluding carboxylic acids is 1. The summed E-state index contributed by atoms with van der Waals surface area (Å²) in [5, 5.41) is 6.65. The number of piperidine rings is 1. The molecule has 2 N–H and O–H groups in total. The summed E-state index contributed by atoms with van der Waals surface area (Å²) in [6.45, 7) is 3.34. The van der Waals surface area contributed by atoms with Gasteiger partial charge in [0, 0.05) is 29.5 Å². The first-order valence-corrected chi connectivity index (χ1v) is 11.6. The fourth-order valence-electron chi connectivity index (χ4n) is 3.84. The molecule has 2 heterocycles. The Morgan fingerprint density at radius 3 is 2.62 bits per heavy atom. The average molecular weight is 488 g/mol. The molecule has 0 radical (unpaired) electrons. The molecule has 1 fully saturated rings. The second kappa shape index (κ2) is 9.94. The normalized spacial score (nSPS) is 16.0. The van der Waals surface area contributed by atoms with Crippen molar-refractivity contribution in [2.24, 2.45) is 0 Å². The summed E-state index contributed by atoms with van der Waals surface area (Å²) in [5.41, 5.74) is 2.61. The van der Waals surface area contributed by atoms with Crippen LogP contribution in [0.15, 0.2) is 59.0 Å². The Bertz CT molecular complexity index is 1130. The number of anilines is 2. The van der Waals surface area contributed by atoms with Crippen LogP contribution in [-0.4, -0.2) is 23.6 Å². The van der Waals surface area contributed by atoms with E-state index in [1.165, 1.54) is 24.9 Å². The predicted molar refractivity (Wildman–Crippen MR) is 135 cm³/mol. The minimum Gasteiger partial charge on any atom is -0.451 e. The first kappa shape index (κ1) is 22.6. The molecular formula is C24H23Cl2N3O2S. The van der Waals surface area contributed by atoms with Gasteiger partial charge in [-0.1, -0.05) is 29.3 Å². The zero-order valence-corrected chi connectivity index (χ0v) is 19.9. The van der Waals surface area contributed by atoms with Gasteiger partial charge < -0.3 is 14.6 Å². The number of carbonyl (C=O) groups is 1. The lowest BCUT2D eigenvalue weighted by atomic mass is 10.0. The number of halogens is 2. The molecule has 0 bridgehead atoms. The summed E-state index contributed by atoms with van der Waals surface area (Å²) in [6.07, 6.45) is 3.72. The van der Waals surface area contributed by atoms with Crippen molar-refractivity contribution in [3.05, 3.63) is 70.4 Å². The van der Waals surface area contributed by atoms with Crippen molar-refractivity contribution in [1.82, 2.24) is 5.32 Å². The summed E-state index contributed by atoms with van der Waals surface area (Å²) < 4.78 is 5.66. The molecule has 4 rings (SSSR count). The largest absolute Gasteiger partial charge is 0.451 e. The highest BCUT2D eigenvalue weighted by Crippen LogP contribution is 2.34. The Morgan fingerprint density at radius 2 is 1.88 bits per heavy atom. The second-order valence-corrected chi connectivity index (χ2v) is 8.95. The van der Waals surface area contributed by atoms with Crippen LogP contribution in [0.25, 0.3) is 11.3 Å². The number of benzene rings is 2. The van der Waals surface area contributed by atoms with Gasteiger partial charge in [-0.05, 0) is 86.9 Å². The van der Waals surface area contributed by atoms with Crippen LogP contribution in [0.2, 0.25) is 10.0 Å². The minimum atomic E-state index is -0.453. The molecule has 0 saturated carbocycles. The monoisotopic (exact) mass is 487 g/mol. The summed E-state index contributed by atoms with van der Waals surface area (Å²) in [5.74, 6) is 0.115. The molecule has 0 aliphatic carbocycles. The standard InChI is InChI=1S/C24H23Cl2N3O2S/c1-15-5-2-3-14-29(15)17-10-8-16(9-11-17)27-24(32)28-23(30)21-13-12-20(31-21)18-6-4-7-19(25)22(18)26/h4,6-13,15H,2-3,5,14H2,1H3,(H2,27,28,30,32)/t15-/m0/s1. The third-order valence-electron chi connectivity index (χ3n) is 5.53. The van der Waals surface area contributed by atoms with Gasteiger partial charge in [-0.3, -0.25) is 10.1 Å². The molecule has 1 saturated heterocycles. The maximum Gasteiger partial charge on any atom is 0.293 e. The number of hydrogen-bond donors (Lipinski definition) is 2. The molecule has 1 aliphatic rings. The molecule has 0 unspecified atom stereocenters. The van der Waals surface area contributed by atoms with Crippen molar-refractivity contribution in [3.63, 3.8) is 0 Å². The SMILES string of the molecule is C[C@H]1CCCCN1c1ccc(NC(=S)NC(=O)c2ccc(-c3cccc(Cl)c3Cl)o2)cc1. The van der Waals surface area contributed by atoms with Crippen molar-refractivity contribution in [3.8, 4) is 11.3 Å². The number of furan rings is 1. The van der Waals surface area contributed by atoms with Gasteiger partial charge in [-0.25, -0.2) is 0 Å². The number of nitrogens with one attached hydrogen (secondary N) is 2. The first-order chi connectivity index (χ1) is 15.4. The Balaban J connectivity index is 1.37. The van der Waals surface area contributed by atoms with Crippen LogP contribution in [-0.2, 0) is 0 Å². The topological polar surface area (TPSA) is 57.5 Å². The van der Waals surface area contributed by atoms with Crippen molar-refractivity contribution in [2.45, 2.75) is 32.2 Å². The molecule has 1 amide bonds. The average Bonchev–Trinajstić information content (AvgIpc) is 3.27. The van der Waals surface area contributed by atoms with E-state index < -0.39 is 5.91 Å². The third-order valence-corrected chi connectivity index (χ3v) is 6.56. The van der Waals surface area contributed by atoms with Crippen molar-refractivity contribution >= 4 is 57.8 Å². The molecule has 32 heavy (non-hydrogen) atoms. The fourth-order valence-corrected chi connectivity index (χ4v) is 4.45. The van der Waals surface area contributed by atoms with E-state index in [2.05, 4.69) is 34.6 Å². The van der Waals surface area contributed by atoms with Crippen LogP contribution < -0.4 is 15.5 Å². The Hall–Kier alpha value is -2.54. The minimum absolute atomic E-state index is 0.120. The van der Waals surface area contributed by atoms with Crippen LogP contribution in [0, 0.1) is 0 Å². The predicted octanol–water partition coefficient (Wildman–Crippen LogP) is 6.76. The van der Waals surface area contributed by atoms with Gasteiger partial charge in [-0.2, -0.15) is 0 Å². The number of amides is 1. The maximum absolute atomic E-state index is 12.5. The molecule has 0 spiro atoms. The van der Waals surface area contributed by atoms with Gasteiger partial charge in [0.1, 0.15) is 5.76 Å². The van der Waals surface area contributed by atoms with E-state index in [-0.39, 0.29) is 10.9 Å². The highest BCUT2D eigenvalue weighted by atomic mass is 35.5. The summed E-state index contributed by atoms with van der Waals surface area (Å²) in [7, 11) is 0. The Kier molecular flexibility index (Phi) is 7.04. The highest BCUT2D eigenvalue weighted by molar-refractivity contribution is 7.80. The van der Waals surface area contributed by atoms with Gasteiger partial charge in [0.2, 0.25) is 0 Å². The van der Waals surface area contributed by atoms with Gasteiger partial charge in [0.15, 0.2) is 10.9 Å². The van der Waals surface area contributed by atoms with E-state index in [4.69, 9.17) is 39.8 Å². The quantitative estimate of drug-likeness (QED) is 0.398. The van der Waals surface area contributed by atoms with Crippen LogP contribution in [0.4, 0.5) is 11.4 Å². The molecule has 2 aromatic carbocycles. The van der Waals surface area contributed by atoms with E-state index in [0.717, 1.165) is 12.2 Å². The van der Waals surface area contributed by atoms with Crippen molar-refractivity contribution < 1.29 is 9.21 Å². The molecule has 1 aliphatic heterocycles. The number of nitrogens with zero attached hydrogens (tertiary/aromatic N) is 1. The van der Waals surface area contributed by atoms with Crippen LogP contribution in [0.5, 0.6) is 0 Å². The first-order valence-electron chi connectivity index (χ1n) is 10.5. The van der Waals surface area contributed by atoms with E-state index >= 15 is 0 Å². The van der Waals surface area contributed by atoms with Crippen LogP contribution in [0.1, 0.15) is 36.7 Å². The lowest BCUT2D eigenvalue weighted by Crippen LogP contribution is -2.37. The van der Waals surface area contributed by atoms with Gasteiger partial charge in [-0.15, -0.1) is 0 Å². The van der Waals surface area contributed by atoms with E-state index in [9.17, 15) is 4.79 Å². The Labute approximate surface area is 202 Å². The smallest absolute Gasteiger partial charge is 0.293 e. The molecule has 1 aromatic heterocycles. The lowest BCUT2D eigenvalue weighted by Gasteiger charge is -2.35. The van der Waals surface area contributed by atoms with Crippen molar-refractivity contribution in [2.75, 3.05) is 16.8 Å². The van der Waals surface area contributed by atoms with Gasteiger partial charge >= 0.3 is 0 Å². The maximum atomic E-state index is 12.5. The zero-order chi connectivity index (χ0) is 22.7. The number of thiocarbonyl (C=S) groups is 1. The lowest BCUT2D eigenvalue weighted by molar-refractivity contribution is 0.0951. The van der Waals surface area contributed by atoms with Crippen molar-refractivity contribution in [1.29, 1.82) is 0 Å². The van der Waals surface area contributed by atoms with Crippen LogP contribution in [0.3, 0.4) is 0 Å².